The van der Waals surface area contributed by atoms with Crippen molar-refractivity contribution in [1.29, 1.82) is 0 Å². The number of esters is 2. The van der Waals surface area contributed by atoms with Gasteiger partial charge in [0.2, 0.25) is 0 Å². The van der Waals surface area contributed by atoms with Crippen LogP contribution in [0.4, 0.5) is 0 Å². The lowest BCUT2D eigenvalue weighted by molar-refractivity contribution is -0.150. The first-order chi connectivity index (χ1) is 13.4. The van der Waals surface area contributed by atoms with E-state index in [1.807, 2.05) is 24.3 Å². The number of hydrogen-bond acceptors (Lipinski definition) is 7. The van der Waals surface area contributed by atoms with Gasteiger partial charge in [-0.3, -0.25) is 4.79 Å². The maximum absolute atomic E-state index is 11.9. The molecule has 0 aromatic heterocycles. The number of ether oxygens (including phenoxy) is 3. The molecular formula is C21H32N2O5. The largest absolute Gasteiger partial charge is 0.494 e. The summed E-state index contributed by atoms with van der Waals surface area (Å²) >= 11 is 0. The van der Waals surface area contributed by atoms with Gasteiger partial charge in [-0.1, -0.05) is 12.1 Å². The zero-order chi connectivity index (χ0) is 20.8. The molecule has 0 bridgehead atoms. The van der Waals surface area contributed by atoms with E-state index in [0.717, 1.165) is 37.0 Å². The van der Waals surface area contributed by atoms with E-state index < -0.39 is 5.54 Å². The Kier molecular flexibility index (Phi) is 10.9. The first-order valence-electron chi connectivity index (χ1n) is 9.50. The van der Waals surface area contributed by atoms with Crippen molar-refractivity contribution in [1.82, 2.24) is 5.32 Å². The Bertz CT molecular complexity index is 624. The lowest BCUT2D eigenvalue weighted by Gasteiger charge is -2.24. The summed E-state index contributed by atoms with van der Waals surface area (Å²) in [6, 6.07) is 7.49. The van der Waals surface area contributed by atoms with Gasteiger partial charge in [0.1, 0.15) is 11.3 Å². The van der Waals surface area contributed by atoms with Crippen LogP contribution >= 0.6 is 0 Å². The molecule has 0 fully saturated rings. The third-order valence-electron chi connectivity index (χ3n) is 4.44. The number of benzene rings is 1. The maximum Gasteiger partial charge on any atom is 0.330 e. The lowest BCUT2D eigenvalue weighted by Crippen LogP contribution is -2.54. The fraction of sp³-hybridized carbons (Fsp3) is 0.524. The van der Waals surface area contributed by atoms with Gasteiger partial charge in [-0.15, -0.1) is 0 Å². The molecule has 0 aliphatic carbocycles. The fourth-order valence-electron chi connectivity index (χ4n) is 2.27. The number of carbonyl (C=O) groups is 2. The number of rotatable bonds is 13. The third kappa shape index (κ3) is 8.54. The van der Waals surface area contributed by atoms with Gasteiger partial charge in [0.25, 0.3) is 0 Å². The van der Waals surface area contributed by atoms with E-state index in [1.165, 1.54) is 13.2 Å². The number of nitrogens with one attached hydrogen (secondary N) is 1. The van der Waals surface area contributed by atoms with Gasteiger partial charge < -0.3 is 25.3 Å². The standard InChI is InChI=1S/C21H32N2O5/c1-21(16-22,23-2)20(25)28-15-7-5-4-6-14-27-18-11-8-17(9-12-18)10-13-19(24)26-3/h8-13,23H,4-7,14-16,22H2,1-3H3/b13-10+. The monoisotopic (exact) mass is 392 g/mol. The summed E-state index contributed by atoms with van der Waals surface area (Å²) in [6.07, 6.45) is 6.77. The molecule has 0 saturated carbocycles. The average molecular weight is 392 g/mol. The first kappa shape index (κ1) is 23.7. The normalized spacial score (nSPS) is 13.1. The third-order valence-corrected chi connectivity index (χ3v) is 4.44. The van der Waals surface area contributed by atoms with E-state index >= 15 is 0 Å². The Labute approximate surface area is 167 Å². The molecular weight excluding hydrogens is 360 g/mol. The van der Waals surface area contributed by atoms with Gasteiger partial charge in [0.05, 0.1) is 20.3 Å². The summed E-state index contributed by atoms with van der Waals surface area (Å²) in [5.74, 6) is 0.0912. The molecule has 0 aliphatic heterocycles. The van der Waals surface area contributed by atoms with Crippen LogP contribution in [0.15, 0.2) is 30.3 Å². The fourth-order valence-corrected chi connectivity index (χ4v) is 2.27. The number of carbonyl (C=O) groups excluding carboxylic acids is 2. The molecule has 0 radical (unpaired) electrons. The minimum atomic E-state index is -0.821. The molecule has 0 amide bonds. The van der Waals surface area contributed by atoms with Crippen molar-refractivity contribution < 1.29 is 23.8 Å². The molecule has 7 nitrogen and oxygen atoms in total. The summed E-state index contributed by atoms with van der Waals surface area (Å²) in [5, 5.41) is 2.89. The highest BCUT2D eigenvalue weighted by Gasteiger charge is 2.31. The predicted octanol–water partition coefficient (Wildman–Crippen LogP) is 2.29. The Morgan fingerprint density at radius 1 is 1.11 bits per heavy atom. The van der Waals surface area contributed by atoms with Crippen LogP contribution in [0.2, 0.25) is 0 Å². The van der Waals surface area contributed by atoms with Gasteiger partial charge in [0.15, 0.2) is 0 Å². The van der Waals surface area contributed by atoms with Crippen molar-refractivity contribution in [2.75, 3.05) is 33.9 Å². The van der Waals surface area contributed by atoms with Crippen LogP contribution in [-0.2, 0) is 19.1 Å². The van der Waals surface area contributed by atoms with Crippen molar-refractivity contribution >= 4 is 18.0 Å². The molecule has 7 heteroatoms. The van der Waals surface area contributed by atoms with Crippen molar-refractivity contribution in [2.24, 2.45) is 5.73 Å². The highest BCUT2D eigenvalue weighted by molar-refractivity contribution is 5.86. The smallest absolute Gasteiger partial charge is 0.330 e. The van der Waals surface area contributed by atoms with Gasteiger partial charge in [-0.05, 0) is 63.4 Å². The molecule has 1 aromatic carbocycles. The maximum atomic E-state index is 11.9. The molecule has 3 N–H and O–H groups in total. The second-order valence-corrected chi connectivity index (χ2v) is 6.61. The van der Waals surface area contributed by atoms with Crippen molar-refractivity contribution in [3.05, 3.63) is 35.9 Å². The molecule has 1 rings (SSSR count). The highest BCUT2D eigenvalue weighted by Crippen LogP contribution is 2.14. The minimum absolute atomic E-state index is 0.197. The second-order valence-electron chi connectivity index (χ2n) is 6.61. The molecule has 156 valence electrons. The van der Waals surface area contributed by atoms with Gasteiger partial charge in [-0.2, -0.15) is 0 Å². The Morgan fingerprint density at radius 3 is 2.32 bits per heavy atom. The van der Waals surface area contributed by atoms with Crippen molar-refractivity contribution in [3.63, 3.8) is 0 Å². The van der Waals surface area contributed by atoms with E-state index in [-0.39, 0.29) is 18.5 Å². The van der Waals surface area contributed by atoms with Crippen LogP contribution in [0, 0.1) is 0 Å². The molecule has 1 atom stereocenters. The van der Waals surface area contributed by atoms with E-state index in [9.17, 15) is 9.59 Å². The van der Waals surface area contributed by atoms with Gasteiger partial charge in [-0.25, -0.2) is 4.79 Å². The molecule has 0 heterocycles. The molecule has 28 heavy (non-hydrogen) atoms. The van der Waals surface area contributed by atoms with E-state index in [4.69, 9.17) is 15.2 Å². The number of unbranched alkanes of at least 4 members (excludes halogenated alkanes) is 3. The van der Waals surface area contributed by atoms with Crippen LogP contribution in [0.25, 0.3) is 6.08 Å². The number of likely N-dealkylation sites (N-methyl/N-ethyl adjacent to an activating group) is 1. The number of hydrogen-bond donors (Lipinski definition) is 2. The summed E-state index contributed by atoms with van der Waals surface area (Å²) in [6.45, 7) is 2.95. The second kappa shape index (κ2) is 12.9. The number of nitrogens with two attached hydrogens (primary N) is 1. The summed E-state index contributed by atoms with van der Waals surface area (Å²) in [7, 11) is 3.04. The van der Waals surface area contributed by atoms with E-state index in [0.29, 0.717) is 13.2 Å². The quantitative estimate of drug-likeness (QED) is 0.302. The van der Waals surface area contributed by atoms with Crippen LogP contribution in [0.3, 0.4) is 0 Å². The van der Waals surface area contributed by atoms with E-state index in [2.05, 4.69) is 10.1 Å². The molecule has 1 aromatic rings. The Morgan fingerprint density at radius 2 is 1.75 bits per heavy atom. The molecule has 0 spiro atoms. The van der Waals surface area contributed by atoms with Crippen LogP contribution in [0.5, 0.6) is 5.75 Å². The summed E-state index contributed by atoms with van der Waals surface area (Å²) in [5.41, 5.74) is 5.67. The SMILES string of the molecule is CNC(C)(CN)C(=O)OCCCCCCOc1ccc(/C=C/C(=O)OC)cc1. The van der Waals surface area contributed by atoms with Crippen molar-refractivity contribution in [2.45, 2.75) is 38.1 Å². The average Bonchev–Trinajstić information content (AvgIpc) is 2.73. The summed E-state index contributed by atoms with van der Waals surface area (Å²) < 4.78 is 15.5. The highest BCUT2D eigenvalue weighted by atomic mass is 16.5. The molecule has 0 aliphatic rings. The van der Waals surface area contributed by atoms with Gasteiger partial charge in [0, 0.05) is 12.6 Å². The van der Waals surface area contributed by atoms with Crippen LogP contribution < -0.4 is 15.8 Å². The zero-order valence-corrected chi connectivity index (χ0v) is 17.0. The predicted molar refractivity (Wildman–Crippen MR) is 109 cm³/mol. The van der Waals surface area contributed by atoms with Crippen LogP contribution in [0.1, 0.15) is 38.2 Å². The first-order valence-corrected chi connectivity index (χ1v) is 9.50. The minimum Gasteiger partial charge on any atom is -0.494 e. The Hall–Kier alpha value is -2.38. The molecule has 0 saturated heterocycles. The van der Waals surface area contributed by atoms with Crippen LogP contribution in [-0.4, -0.2) is 51.4 Å². The lowest BCUT2D eigenvalue weighted by atomic mass is 10.0. The molecule has 1 unspecified atom stereocenters. The van der Waals surface area contributed by atoms with Crippen molar-refractivity contribution in [3.8, 4) is 5.75 Å². The topological polar surface area (TPSA) is 99.9 Å². The summed E-state index contributed by atoms with van der Waals surface area (Å²) in [4.78, 5) is 23.0. The van der Waals surface area contributed by atoms with Gasteiger partial charge >= 0.3 is 11.9 Å². The Balaban J connectivity index is 2.14. The van der Waals surface area contributed by atoms with E-state index in [1.54, 1.807) is 20.0 Å². The number of methoxy groups -OCH3 is 1. The zero-order valence-electron chi connectivity index (χ0n) is 17.0.